The van der Waals surface area contributed by atoms with Gasteiger partial charge in [0.1, 0.15) is 5.01 Å². The molecule has 0 bridgehead atoms. The van der Waals surface area contributed by atoms with Crippen LogP contribution in [-0.4, -0.2) is 28.6 Å². The Balaban J connectivity index is 2.92. The summed E-state index contributed by atoms with van der Waals surface area (Å²) in [5.74, 6) is -1.28. The molecule has 1 N–H and O–H groups in total. The maximum atomic E-state index is 11.9. The van der Waals surface area contributed by atoms with Gasteiger partial charge in [0.2, 0.25) is 0 Å². The van der Waals surface area contributed by atoms with Crippen LogP contribution in [0.4, 0.5) is 0 Å². The first-order valence-electron chi connectivity index (χ1n) is 6.15. The highest BCUT2D eigenvalue weighted by Gasteiger charge is 2.37. The molecule has 112 valence electrons. The number of esters is 1. The van der Waals surface area contributed by atoms with Gasteiger partial charge in [-0.25, -0.2) is 4.98 Å². The lowest BCUT2D eigenvalue weighted by molar-refractivity contribution is -0.147. The van der Waals surface area contributed by atoms with Gasteiger partial charge in [-0.05, 0) is 27.7 Å². The van der Waals surface area contributed by atoms with E-state index in [0.717, 1.165) is 0 Å². The molecular weight excluding hydrogens is 346 g/mol. The van der Waals surface area contributed by atoms with E-state index in [1.165, 1.54) is 11.3 Å². The summed E-state index contributed by atoms with van der Waals surface area (Å²) in [6, 6.07) is 0. The highest BCUT2D eigenvalue weighted by Crippen LogP contribution is 2.35. The van der Waals surface area contributed by atoms with Gasteiger partial charge in [-0.3, -0.25) is 9.59 Å². The Labute approximate surface area is 130 Å². The fraction of sp³-hybridized carbons (Fsp3) is 0.615. The van der Waals surface area contributed by atoms with Crippen LogP contribution in [0.25, 0.3) is 0 Å². The molecule has 1 unspecified atom stereocenters. The normalized spacial score (nSPS) is 14.7. The first-order chi connectivity index (χ1) is 9.11. The van der Waals surface area contributed by atoms with Crippen molar-refractivity contribution in [2.75, 3.05) is 6.61 Å². The smallest absolute Gasteiger partial charge is 0.329 e. The summed E-state index contributed by atoms with van der Waals surface area (Å²) in [4.78, 5) is 27.3. The Kier molecular flexibility index (Phi) is 5.32. The average Bonchev–Trinajstić information content (AvgIpc) is 2.77. The first kappa shape index (κ1) is 17.1. The second-order valence-electron chi connectivity index (χ2n) is 5.23. The van der Waals surface area contributed by atoms with Crippen molar-refractivity contribution in [2.45, 2.75) is 38.4 Å². The number of aliphatic carboxylic acids is 1. The minimum atomic E-state index is -1.00. The van der Waals surface area contributed by atoms with Crippen molar-refractivity contribution in [3.63, 3.8) is 0 Å². The first-order valence-corrected chi connectivity index (χ1v) is 7.83. The molecule has 0 fully saturated rings. The van der Waals surface area contributed by atoms with Gasteiger partial charge in [0.05, 0.1) is 17.7 Å². The average molecular weight is 364 g/mol. The van der Waals surface area contributed by atoms with Crippen molar-refractivity contribution in [3.05, 3.63) is 16.1 Å². The van der Waals surface area contributed by atoms with E-state index in [1.54, 1.807) is 33.1 Å². The van der Waals surface area contributed by atoms with Crippen molar-refractivity contribution >= 4 is 39.2 Å². The molecule has 7 heteroatoms. The lowest BCUT2D eigenvalue weighted by Gasteiger charge is -2.18. The van der Waals surface area contributed by atoms with Crippen LogP contribution in [0.1, 0.15) is 38.4 Å². The van der Waals surface area contributed by atoms with Gasteiger partial charge in [-0.15, -0.1) is 11.3 Å². The van der Waals surface area contributed by atoms with E-state index < -0.39 is 21.7 Å². The maximum Gasteiger partial charge on any atom is 0.329 e. The fourth-order valence-electron chi connectivity index (χ4n) is 1.49. The molecule has 0 radical (unpaired) electrons. The number of halogens is 1. The zero-order valence-corrected chi connectivity index (χ0v) is 14.3. The Bertz CT molecular complexity index is 510. The monoisotopic (exact) mass is 363 g/mol. The molecule has 1 rings (SSSR count). The Hall–Kier alpha value is -0.950. The molecule has 0 saturated heterocycles. The Morgan fingerprint density at radius 2 is 2.05 bits per heavy atom. The minimum Gasteiger partial charge on any atom is -0.481 e. The van der Waals surface area contributed by atoms with Crippen LogP contribution < -0.4 is 0 Å². The third kappa shape index (κ3) is 3.79. The van der Waals surface area contributed by atoms with E-state index >= 15 is 0 Å². The molecule has 0 saturated carbocycles. The van der Waals surface area contributed by atoms with E-state index in [1.807, 2.05) is 0 Å². The van der Waals surface area contributed by atoms with Gasteiger partial charge in [0.25, 0.3) is 0 Å². The minimum absolute atomic E-state index is 0.296. The van der Waals surface area contributed by atoms with Gasteiger partial charge >= 0.3 is 11.9 Å². The Morgan fingerprint density at radius 3 is 2.55 bits per heavy atom. The van der Waals surface area contributed by atoms with Crippen molar-refractivity contribution in [3.8, 4) is 0 Å². The second-order valence-corrected chi connectivity index (χ2v) is 7.68. The van der Waals surface area contributed by atoms with Crippen LogP contribution in [-0.2, 0) is 25.1 Å². The lowest BCUT2D eigenvalue weighted by atomic mass is 9.88. The number of ether oxygens (including phenoxy) is 1. The number of alkyl halides is 1. The van der Waals surface area contributed by atoms with E-state index in [-0.39, 0.29) is 0 Å². The van der Waals surface area contributed by atoms with Crippen molar-refractivity contribution < 1.29 is 19.4 Å². The molecule has 0 aliphatic rings. The summed E-state index contributed by atoms with van der Waals surface area (Å²) < 4.78 is 4.00. The zero-order valence-electron chi connectivity index (χ0n) is 11.9. The second kappa shape index (κ2) is 6.22. The van der Waals surface area contributed by atoms with Crippen LogP contribution in [0.5, 0.6) is 0 Å². The molecule has 0 aliphatic carbocycles. The maximum absolute atomic E-state index is 11.9. The van der Waals surface area contributed by atoms with E-state index in [4.69, 9.17) is 9.84 Å². The van der Waals surface area contributed by atoms with Crippen LogP contribution in [0, 0.1) is 5.41 Å². The molecular formula is C13H18BrNO4S. The topological polar surface area (TPSA) is 76.5 Å². The summed E-state index contributed by atoms with van der Waals surface area (Å²) in [5, 5.41) is 11.5. The SMILES string of the molecule is CCOC(=O)C(C)(Br)c1nc(CC(C)(C)C(=O)O)cs1. The number of aromatic nitrogens is 1. The summed E-state index contributed by atoms with van der Waals surface area (Å²) >= 11 is 4.65. The van der Waals surface area contributed by atoms with E-state index in [9.17, 15) is 9.59 Å². The predicted octanol–water partition coefficient (Wildman–Crippen LogP) is 2.97. The summed E-state index contributed by atoms with van der Waals surface area (Å²) in [6.07, 6.45) is 0.310. The predicted molar refractivity (Wildman–Crippen MR) is 80.1 cm³/mol. The molecule has 1 atom stereocenters. The number of carboxylic acids is 1. The number of thiazole rings is 1. The summed E-state index contributed by atoms with van der Waals surface area (Å²) in [7, 11) is 0. The van der Waals surface area contributed by atoms with Gasteiger partial charge in [-0.1, -0.05) is 15.9 Å². The summed E-state index contributed by atoms with van der Waals surface area (Å²) in [6.45, 7) is 7.00. The zero-order chi connectivity index (χ0) is 15.6. The largest absolute Gasteiger partial charge is 0.481 e. The molecule has 0 aliphatic heterocycles. The lowest BCUT2D eigenvalue weighted by Crippen LogP contribution is -2.28. The number of carboxylic acid groups (broad SMARTS) is 1. The van der Waals surface area contributed by atoms with Crippen molar-refractivity contribution in [1.29, 1.82) is 0 Å². The van der Waals surface area contributed by atoms with Crippen LogP contribution in [0.2, 0.25) is 0 Å². The molecule has 1 heterocycles. The van der Waals surface area contributed by atoms with Crippen LogP contribution in [0.15, 0.2) is 5.38 Å². The van der Waals surface area contributed by atoms with Gasteiger partial charge < -0.3 is 9.84 Å². The van der Waals surface area contributed by atoms with E-state index in [0.29, 0.717) is 23.7 Å². The summed E-state index contributed by atoms with van der Waals surface area (Å²) in [5.41, 5.74) is -0.231. The standard InChI is InChI=1S/C13H18BrNO4S/c1-5-19-11(18)13(4,14)9-15-8(7-20-9)6-12(2,3)10(16)17/h7H,5-6H2,1-4H3,(H,16,17). The van der Waals surface area contributed by atoms with Crippen molar-refractivity contribution in [2.24, 2.45) is 5.41 Å². The number of nitrogens with zero attached hydrogens (tertiary/aromatic N) is 1. The number of carbonyl (C=O) groups excluding carboxylic acids is 1. The quantitative estimate of drug-likeness (QED) is 0.620. The molecule has 1 aromatic heterocycles. The van der Waals surface area contributed by atoms with E-state index in [2.05, 4.69) is 20.9 Å². The van der Waals surface area contributed by atoms with Gasteiger partial charge in [0.15, 0.2) is 4.32 Å². The highest BCUT2D eigenvalue weighted by molar-refractivity contribution is 9.10. The molecule has 0 aromatic carbocycles. The fourth-order valence-corrected chi connectivity index (χ4v) is 2.83. The van der Waals surface area contributed by atoms with Crippen LogP contribution >= 0.6 is 27.3 Å². The number of rotatable bonds is 6. The highest BCUT2D eigenvalue weighted by atomic mass is 79.9. The van der Waals surface area contributed by atoms with Gasteiger partial charge in [-0.2, -0.15) is 0 Å². The van der Waals surface area contributed by atoms with Crippen molar-refractivity contribution in [1.82, 2.24) is 4.98 Å². The molecule has 5 nitrogen and oxygen atoms in total. The molecule has 1 aromatic rings. The number of carbonyl (C=O) groups is 2. The van der Waals surface area contributed by atoms with Crippen LogP contribution in [0.3, 0.4) is 0 Å². The van der Waals surface area contributed by atoms with Gasteiger partial charge in [0, 0.05) is 11.8 Å². The third-order valence-electron chi connectivity index (χ3n) is 2.81. The number of hydrogen-bond acceptors (Lipinski definition) is 5. The molecule has 20 heavy (non-hydrogen) atoms. The molecule has 0 amide bonds. The molecule has 0 spiro atoms. The Morgan fingerprint density at radius 1 is 1.45 bits per heavy atom. The third-order valence-corrected chi connectivity index (χ3v) is 4.89. The number of hydrogen-bond donors (Lipinski definition) is 1.